The van der Waals surface area contributed by atoms with Gasteiger partial charge in [0.25, 0.3) is 0 Å². The topological polar surface area (TPSA) is 46.5 Å². The lowest BCUT2D eigenvalue weighted by Crippen LogP contribution is -2.66. The molecule has 130 valence electrons. The summed E-state index contributed by atoms with van der Waals surface area (Å²) in [6.45, 7) is 14.7. The quantitative estimate of drug-likeness (QED) is 0.746. The summed E-state index contributed by atoms with van der Waals surface area (Å²) in [5.74, 6) is 0.727. The van der Waals surface area contributed by atoms with E-state index in [0.29, 0.717) is 18.3 Å². The lowest BCUT2D eigenvalue weighted by Gasteiger charge is -2.65. The van der Waals surface area contributed by atoms with Gasteiger partial charge in [0, 0.05) is 11.8 Å². The first-order valence-electron chi connectivity index (χ1n) is 9.03. The van der Waals surface area contributed by atoms with Gasteiger partial charge in [-0.25, -0.2) is 0 Å². The number of ketones is 1. The molecule has 6 atom stereocenters. The Morgan fingerprint density at radius 2 is 1.74 bits per heavy atom. The summed E-state index contributed by atoms with van der Waals surface area (Å²) in [6, 6.07) is 0. The van der Waals surface area contributed by atoms with Crippen LogP contribution in [0.3, 0.4) is 0 Å². The van der Waals surface area contributed by atoms with Gasteiger partial charge >= 0.3 is 0 Å². The van der Waals surface area contributed by atoms with E-state index >= 15 is 0 Å². The highest BCUT2D eigenvalue weighted by atomic mass is 16.5. The Labute approximate surface area is 140 Å². The molecule has 0 bridgehead atoms. The third kappa shape index (κ3) is 2.26. The molecule has 2 aliphatic carbocycles. The number of aliphatic hydroxyl groups is 1. The van der Waals surface area contributed by atoms with Gasteiger partial charge in [-0.05, 0) is 56.8 Å². The zero-order chi connectivity index (χ0) is 17.3. The van der Waals surface area contributed by atoms with E-state index in [4.69, 9.17) is 4.74 Å². The first kappa shape index (κ1) is 17.2. The summed E-state index contributed by atoms with van der Waals surface area (Å²) < 4.78 is 6.57. The van der Waals surface area contributed by atoms with Gasteiger partial charge < -0.3 is 9.84 Å². The molecule has 1 heterocycles. The van der Waals surface area contributed by atoms with Crippen LogP contribution in [-0.4, -0.2) is 28.2 Å². The minimum atomic E-state index is -0.826. The van der Waals surface area contributed by atoms with Gasteiger partial charge in [-0.3, -0.25) is 4.79 Å². The van der Waals surface area contributed by atoms with Crippen molar-refractivity contribution in [2.75, 3.05) is 0 Å². The van der Waals surface area contributed by atoms with Crippen molar-refractivity contribution in [1.82, 2.24) is 0 Å². The third-order valence-electron chi connectivity index (χ3n) is 7.55. The van der Waals surface area contributed by atoms with E-state index in [1.54, 1.807) is 0 Å². The van der Waals surface area contributed by atoms with Crippen LogP contribution in [0, 0.1) is 22.7 Å². The lowest BCUT2D eigenvalue weighted by molar-refractivity contribution is -0.257. The predicted molar refractivity (Wildman–Crippen MR) is 91.1 cm³/mol. The second kappa shape index (κ2) is 4.92. The number of hydrogen-bond donors (Lipinski definition) is 1. The summed E-state index contributed by atoms with van der Waals surface area (Å²) in [6.07, 6.45) is 5.61. The molecule has 2 saturated carbocycles. The van der Waals surface area contributed by atoms with E-state index in [1.165, 1.54) is 0 Å². The van der Waals surface area contributed by atoms with E-state index in [2.05, 4.69) is 41.2 Å². The number of fused-ring (bicyclic) bond motifs is 3. The molecule has 0 aromatic rings. The molecule has 3 aliphatic rings. The van der Waals surface area contributed by atoms with Crippen LogP contribution in [0.2, 0.25) is 0 Å². The lowest BCUT2D eigenvalue weighted by atomic mass is 9.43. The summed E-state index contributed by atoms with van der Waals surface area (Å²) in [4.78, 5) is 12.5. The molecule has 1 aliphatic heterocycles. The van der Waals surface area contributed by atoms with Crippen molar-refractivity contribution in [3.05, 3.63) is 12.7 Å². The van der Waals surface area contributed by atoms with Crippen molar-refractivity contribution >= 4 is 5.78 Å². The van der Waals surface area contributed by atoms with Gasteiger partial charge in [0.05, 0.1) is 11.2 Å². The Balaban J connectivity index is 2.00. The highest BCUT2D eigenvalue weighted by Crippen LogP contribution is 2.64. The van der Waals surface area contributed by atoms with Crippen LogP contribution in [-0.2, 0) is 9.53 Å². The molecule has 2 unspecified atom stereocenters. The maximum absolute atomic E-state index is 12.5. The number of carbonyl (C=O) groups is 1. The van der Waals surface area contributed by atoms with E-state index in [9.17, 15) is 9.90 Å². The van der Waals surface area contributed by atoms with E-state index in [-0.39, 0.29) is 27.8 Å². The van der Waals surface area contributed by atoms with Gasteiger partial charge in [-0.1, -0.05) is 26.8 Å². The minimum Gasteiger partial charge on any atom is -0.385 e. The van der Waals surface area contributed by atoms with Gasteiger partial charge in [-0.2, -0.15) is 0 Å². The van der Waals surface area contributed by atoms with Crippen molar-refractivity contribution in [2.45, 2.75) is 84.0 Å². The molecular weight excluding hydrogens is 288 g/mol. The Bertz CT molecular complexity index is 539. The molecule has 1 N–H and O–H groups in total. The molecule has 0 radical (unpaired) electrons. The average molecular weight is 320 g/mol. The third-order valence-corrected chi connectivity index (χ3v) is 7.55. The predicted octanol–water partition coefficient (Wildman–Crippen LogP) is 3.89. The van der Waals surface area contributed by atoms with Crippen LogP contribution >= 0.6 is 0 Å². The Kier molecular flexibility index (Phi) is 3.67. The van der Waals surface area contributed by atoms with E-state index in [0.717, 1.165) is 25.7 Å². The first-order valence-corrected chi connectivity index (χ1v) is 9.03. The van der Waals surface area contributed by atoms with Crippen LogP contribution in [0.5, 0.6) is 0 Å². The molecule has 1 saturated heterocycles. The minimum absolute atomic E-state index is 0.00931. The fraction of sp³-hybridized carbons (Fsp3) is 0.850. The molecule has 0 amide bonds. The maximum Gasteiger partial charge on any atom is 0.162 e. The molecular formula is C20H32O3. The van der Waals surface area contributed by atoms with Gasteiger partial charge in [0.1, 0.15) is 6.10 Å². The van der Waals surface area contributed by atoms with Crippen molar-refractivity contribution in [3.63, 3.8) is 0 Å². The molecule has 23 heavy (non-hydrogen) atoms. The molecule has 3 nitrogen and oxygen atoms in total. The second-order valence-electron chi connectivity index (χ2n) is 9.49. The van der Waals surface area contributed by atoms with Crippen LogP contribution in [0.25, 0.3) is 0 Å². The molecule has 3 fully saturated rings. The number of rotatable bonds is 1. The highest BCUT2D eigenvalue weighted by molar-refractivity contribution is 5.85. The smallest absolute Gasteiger partial charge is 0.162 e. The van der Waals surface area contributed by atoms with Gasteiger partial charge in [0.2, 0.25) is 0 Å². The summed E-state index contributed by atoms with van der Waals surface area (Å²) in [5, 5.41) is 10.4. The van der Waals surface area contributed by atoms with Crippen molar-refractivity contribution in [2.24, 2.45) is 22.7 Å². The Morgan fingerprint density at radius 3 is 2.35 bits per heavy atom. The van der Waals surface area contributed by atoms with Crippen LogP contribution in [0.1, 0.15) is 66.7 Å². The number of ether oxygens (including phenoxy) is 1. The van der Waals surface area contributed by atoms with Crippen molar-refractivity contribution in [1.29, 1.82) is 0 Å². The monoisotopic (exact) mass is 320 g/mol. The molecule has 0 spiro atoms. The maximum atomic E-state index is 12.5. The highest BCUT2D eigenvalue weighted by Gasteiger charge is 2.64. The van der Waals surface area contributed by atoms with Crippen LogP contribution in [0.15, 0.2) is 12.7 Å². The summed E-state index contributed by atoms with van der Waals surface area (Å²) >= 11 is 0. The van der Waals surface area contributed by atoms with Crippen molar-refractivity contribution < 1.29 is 14.6 Å². The zero-order valence-electron chi connectivity index (χ0n) is 15.3. The average Bonchev–Trinajstić information content (AvgIpc) is 2.43. The first-order chi connectivity index (χ1) is 10.5. The molecule has 3 heteroatoms. The molecule has 0 aromatic carbocycles. The van der Waals surface area contributed by atoms with E-state index < -0.39 is 6.10 Å². The largest absolute Gasteiger partial charge is 0.385 e. The molecule has 0 aromatic heterocycles. The zero-order valence-corrected chi connectivity index (χ0v) is 15.3. The van der Waals surface area contributed by atoms with Crippen LogP contribution in [0.4, 0.5) is 0 Å². The Hall–Kier alpha value is -0.670. The fourth-order valence-electron chi connectivity index (χ4n) is 6.34. The van der Waals surface area contributed by atoms with Gasteiger partial charge in [-0.15, -0.1) is 6.58 Å². The number of Topliss-reactive ketones (excluding diaryl/α,β-unsaturated/α-hetero) is 1. The SMILES string of the molecule is C=C[C@@]1(C)CCC2[C@@]3(C)CC(=O)[C@H](O)C(C)(C)C3CC[C@@]2(C)O1. The molecule has 3 rings (SSSR count). The number of carbonyl (C=O) groups excluding carboxylic acids is 1. The summed E-state index contributed by atoms with van der Waals surface area (Å²) in [7, 11) is 0. The Morgan fingerprint density at radius 1 is 1.13 bits per heavy atom. The van der Waals surface area contributed by atoms with E-state index in [1.807, 2.05) is 6.08 Å². The van der Waals surface area contributed by atoms with Crippen LogP contribution < -0.4 is 0 Å². The second-order valence-corrected chi connectivity index (χ2v) is 9.49. The standard InChI is InChI=1S/C20H32O3/c1-7-18(4)10-8-15-19(5)12-13(21)16(22)17(2,3)14(19)9-11-20(15,6)23-18/h7,14-16,22H,1,8-12H2,2-6H3/t14?,15?,16-,18-,19-,20+/m0/s1. The normalized spacial score (nSPS) is 52.4. The van der Waals surface area contributed by atoms with Gasteiger partial charge in [0.15, 0.2) is 5.78 Å². The fourth-order valence-corrected chi connectivity index (χ4v) is 6.34. The number of hydrogen-bond acceptors (Lipinski definition) is 3. The van der Waals surface area contributed by atoms with Crippen molar-refractivity contribution in [3.8, 4) is 0 Å². The number of aliphatic hydroxyl groups excluding tert-OH is 1. The summed E-state index contributed by atoms with van der Waals surface area (Å²) in [5.41, 5.74) is -0.910.